The number of carbonyl (C=O) groups is 2. The van der Waals surface area contributed by atoms with E-state index in [4.69, 9.17) is 0 Å². The van der Waals surface area contributed by atoms with Gasteiger partial charge in [-0.25, -0.2) is 0 Å². The number of carbonyl (C=O) groups excluding carboxylic acids is 2. The predicted molar refractivity (Wildman–Crippen MR) is 97.5 cm³/mol. The van der Waals surface area contributed by atoms with E-state index in [0.717, 1.165) is 5.56 Å². The Morgan fingerprint density at radius 1 is 1.17 bits per heavy atom. The van der Waals surface area contributed by atoms with Crippen LogP contribution in [0.15, 0.2) is 30.3 Å². The van der Waals surface area contributed by atoms with Gasteiger partial charge in [0, 0.05) is 18.6 Å². The zero-order chi connectivity index (χ0) is 18.3. The molecule has 134 valence electrons. The van der Waals surface area contributed by atoms with Gasteiger partial charge in [-0.1, -0.05) is 30.3 Å². The van der Waals surface area contributed by atoms with Crippen molar-refractivity contribution >= 4 is 11.8 Å². The van der Waals surface area contributed by atoms with Gasteiger partial charge in [0.2, 0.25) is 11.8 Å². The summed E-state index contributed by atoms with van der Waals surface area (Å²) >= 11 is 0. The Kier molecular flexibility index (Phi) is 7.42. The van der Waals surface area contributed by atoms with E-state index in [9.17, 15) is 9.59 Å². The number of nitrogens with one attached hydrogen (secondary N) is 1. The first kappa shape index (κ1) is 20.2. The third-order valence-electron chi connectivity index (χ3n) is 3.84. The molecule has 0 bridgehead atoms. The lowest BCUT2D eigenvalue weighted by molar-refractivity contribution is -0.137. The molecule has 24 heavy (non-hydrogen) atoms. The minimum atomic E-state index is -0.348. The lowest BCUT2D eigenvalue weighted by Gasteiger charge is -2.30. The summed E-state index contributed by atoms with van der Waals surface area (Å²) in [4.78, 5) is 28.4. The van der Waals surface area contributed by atoms with Gasteiger partial charge in [0.15, 0.2) is 0 Å². The SMILES string of the molecule is CCN(Cc1ccccc1)C(=O)[C@H](C)N(C)CC(=O)NC(C)(C)C. The van der Waals surface area contributed by atoms with Gasteiger partial charge >= 0.3 is 0 Å². The topological polar surface area (TPSA) is 52.7 Å². The van der Waals surface area contributed by atoms with E-state index in [1.165, 1.54) is 0 Å². The molecular formula is C19H31N3O2. The standard InChI is InChI=1S/C19H31N3O2/c1-7-22(13-16-11-9-8-10-12-16)18(24)15(2)21(6)14-17(23)20-19(3,4)5/h8-12,15H,7,13-14H2,1-6H3,(H,20,23)/t15-/m0/s1. The van der Waals surface area contributed by atoms with Gasteiger partial charge in [-0.3, -0.25) is 14.5 Å². The summed E-state index contributed by atoms with van der Waals surface area (Å²) in [6.45, 7) is 11.1. The largest absolute Gasteiger partial charge is 0.350 e. The van der Waals surface area contributed by atoms with E-state index in [1.54, 1.807) is 11.9 Å². The van der Waals surface area contributed by atoms with Crippen LogP contribution < -0.4 is 5.32 Å². The summed E-state index contributed by atoms with van der Waals surface area (Å²) in [6.07, 6.45) is 0. The highest BCUT2D eigenvalue weighted by Crippen LogP contribution is 2.09. The molecule has 0 unspecified atom stereocenters. The highest BCUT2D eigenvalue weighted by atomic mass is 16.2. The van der Waals surface area contributed by atoms with Crippen LogP contribution in [0.2, 0.25) is 0 Å². The van der Waals surface area contributed by atoms with Crippen LogP contribution in [0.5, 0.6) is 0 Å². The molecule has 0 heterocycles. The van der Waals surface area contributed by atoms with Crippen molar-refractivity contribution in [2.45, 2.75) is 52.7 Å². The van der Waals surface area contributed by atoms with Crippen LogP contribution in [0.1, 0.15) is 40.2 Å². The number of rotatable bonds is 7. The number of hydrogen-bond donors (Lipinski definition) is 1. The van der Waals surface area contributed by atoms with Crippen LogP contribution in [0.3, 0.4) is 0 Å². The van der Waals surface area contributed by atoms with Crippen molar-refractivity contribution in [2.75, 3.05) is 20.1 Å². The van der Waals surface area contributed by atoms with Gasteiger partial charge in [0.1, 0.15) is 0 Å². The van der Waals surface area contributed by atoms with Crippen LogP contribution in [0.25, 0.3) is 0 Å². The van der Waals surface area contributed by atoms with Crippen molar-refractivity contribution in [1.29, 1.82) is 0 Å². The summed E-state index contributed by atoms with van der Waals surface area (Å²) in [5.41, 5.74) is 0.835. The van der Waals surface area contributed by atoms with Crippen molar-refractivity contribution in [3.05, 3.63) is 35.9 Å². The summed E-state index contributed by atoms with van der Waals surface area (Å²) in [5.74, 6) is -0.0387. The summed E-state index contributed by atoms with van der Waals surface area (Å²) in [7, 11) is 1.81. The average Bonchev–Trinajstić information content (AvgIpc) is 2.50. The van der Waals surface area contributed by atoms with Crippen LogP contribution >= 0.6 is 0 Å². The lowest BCUT2D eigenvalue weighted by atomic mass is 10.1. The van der Waals surface area contributed by atoms with Crippen LogP contribution in [-0.4, -0.2) is 53.3 Å². The van der Waals surface area contributed by atoms with Gasteiger partial charge in [-0.05, 0) is 47.2 Å². The van der Waals surface area contributed by atoms with Crippen LogP contribution in [-0.2, 0) is 16.1 Å². The first-order valence-electron chi connectivity index (χ1n) is 8.48. The molecule has 1 atom stereocenters. The van der Waals surface area contributed by atoms with Crippen molar-refractivity contribution in [3.8, 4) is 0 Å². The smallest absolute Gasteiger partial charge is 0.239 e. The quantitative estimate of drug-likeness (QED) is 0.833. The molecule has 1 aromatic carbocycles. The first-order valence-corrected chi connectivity index (χ1v) is 8.48. The summed E-state index contributed by atoms with van der Waals surface area (Å²) in [5, 5.41) is 2.92. The van der Waals surface area contributed by atoms with Gasteiger partial charge in [-0.15, -0.1) is 0 Å². The molecular weight excluding hydrogens is 302 g/mol. The number of amides is 2. The Morgan fingerprint density at radius 2 is 1.75 bits per heavy atom. The number of likely N-dealkylation sites (N-methyl/N-ethyl adjacent to an activating group) is 2. The van der Waals surface area contributed by atoms with Gasteiger partial charge in [-0.2, -0.15) is 0 Å². The van der Waals surface area contributed by atoms with Crippen LogP contribution in [0.4, 0.5) is 0 Å². The third-order valence-corrected chi connectivity index (χ3v) is 3.84. The zero-order valence-electron chi connectivity index (χ0n) is 15.8. The van der Waals surface area contributed by atoms with Crippen molar-refractivity contribution in [2.24, 2.45) is 0 Å². The molecule has 1 N–H and O–H groups in total. The van der Waals surface area contributed by atoms with Crippen molar-refractivity contribution in [3.63, 3.8) is 0 Å². The number of benzene rings is 1. The maximum Gasteiger partial charge on any atom is 0.239 e. The van der Waals surface area contributed by atoms with E-state index in [0.29, 0.717) is 13.1 Å². The third kappa shape index (κ3) is 6.71. The van der Waals surface area contributed by atoms with E-state index in [2.05, 4.69) is 5.32 Å². The van der Waals surface area contributed by atoms with E-state index >= 15 is 0 Å². The number of hydrogen-bond acceptors (Lipinski definition) is 3. The molecule has 0 saturated carbocycles. The first-order chi connectivity index (χ1) is 11.1. The second-order valence-corrected chi connectivity index (χ2v) is 7.23. The van der Waals surface area contributed by atoms with Crippen molar-refractivity contribution in [1.82, 2.24) is 15.1 Å². The molecule has 0 aliphatic rings. The molecule has 5 heteroatoms. The minimum Gasteiger partial charge on any atom is -0.350 e. The van der Waals surface area contributed by atoms with Crippen molar-refractivity contribution < 1.29 is 9.59 Å². The predicted octanol–water partition coefficient (Wildman–Crippen LogP) is 2.27. The molecule has 0 aliphatic heterocycles. The Labute approximate surface area is 146 Å². The molecule has 0 aromatic heterocycles. The molecule has 0 saturated heterocycles. The molecule has 5 nitrogen and oxygen atoms in total. The number of nitrogens with zero attached hydrogens (tertiary/aromatic N) is 2. The Balaban J connectivity index is 2.64. The second-order valence-electron chi connectivity index (χ2n) is 7.23. The van der Waals surface area contributed by atoms with Crippen LogP contribution in [0, 0.1) is 0 Å². The fourth-order valence-electron chi connectivity index (χ4n) is 2.42. The average molecular weight is 333 g/mol. The maximum atomic E-state index is 12.7. The van der Waals surface area contributed by atoms with Gasteiger partial charge in [0.25, 0.3) is 0 Å². The highest BCUT2D eigenvalue weighted by Gasteiger charge is 2.25. The van der Waals surface area contributed by atoms with E-state index in [1.807, 2.05) is 69.9 Å². The Hall–Kier alpha value is -1.88. The highest BCUT2D eigenvalue weighted by molar-refractivity contribution is 5.83. The molecule has 0 aliphatic carbocycles. The summed E-state index contributed by atoms with van der Waals surface area (Å²) < 4.78 is 0. The minimum absolute atomic E-state index is 0.0346. The Bertz CT molecular complexity index is 537. The molecule has 0 spiro atoms. The molecule has 0 radical (unpaired) electrons. The van der Waals surface area contributed by atoms with E-state index < -0.39 is 0 Å². The fraction of sp³-hybridized carbons (Fsp3) is 0.579. The normalized spacial score (nSPS) is 12.8. The maximum absolute atomic E-state index is 12.7. The lowest BCUT2D eigenvalue weighted by Crippen LogP contribution is -2.50. The zero-order valence-corrected chi connectivity index (χ0v) is 15.8. The van der Waals surface area contributed by atoms with Gasteiger partial charge in [0.05, 0.1) is 12.6 Å². The molecule has 1 aromatic rings. The fourth-order valence-corrected chi connectivity index (χ4v) is 2.42. The molecule has 2 amide bonds. The molecule has 1 rings (SSSR count). The monoisotopic (exact) mass is 333 g/mol. The summed E-state index contributed by atoms with van der Waals surface area (Å²) in [6, 6.07) is 9.59. The second kappa shape index (κ2) is 8.83. The van der Waals surface area contributed by atoms with Gasteiger partial charge < -0.3 is 10.2 Å². The molecule has 0 fully saturated rings. The van der Waals surface area contributed by atoms with E-state index in [-0.39, 0.29) is 29.9 Å². The Morgan fingerprint density at radius 3 is 2.25 bits per heavy atom.